The van der Waals surface area contributed by atoms with Gasteiger partial charge in [0.1, 0.15) is 5.60 Å². The number of nitrogen functional groups attached to an aromatic ring is 1. The maximum absolute atomic E-state index is 5.78. The monoisotopic (exact) mass is 218 g/mol. The van der Waals surface area contributed by atoms with Crippen LogP contribution in [-0.2, 0) is 10.3 Å². The van der Waals surface area contributed by atoms with Crippen LogP contribution in [0.15, 0.2) is 18.3 Å². The zero-order valence-electron chi connectivity index (χ0n) is 9.18. The first-order valence-electron chi connectivity index (χ1n) is 5.44. The number of pyridine rings is 1. The van der Waals surface area contributed by atoms with E-state index in [1.54, 1.807) is 0 Å². The highest BCUT2D eigenvalue weighted by Crippen LogP contribution is 2.34. The molecule has 1 saturated heterocycles. The Kier molecular flexibility index (Phi) is 1.91. The van der Waals surface area contributed by atoms with Crippen molar-refractivity contribution in [1.29, 1.82) is 0 Å². The van der Waals surface area contributed by atoms with E-state index in [1.807, 2.05) is 22.7 Å². The van der Waals surface area contributed by atoms with Crippen LogP contribution >= 0.6 is 0 Å². The molecule has 5 nitrogen and oxygen atoms in total. The lowest BCUT2D eigenvalue weighted by Gasteiger charge is -2.20. The Labute approximate surface area is 93.2 Å². The summed E-state index contributed by atoms with van der Waals surface area (Å²) in [7, 11) is 0. The van der Waals surface area contributed by atoms with Gasteiger partial charge in [-0.3, -0.25) is 4.40 Å². The first-order valence-corrected chi connectivity index (χ1v) is 5.44. The minimum Gasteiger partial charge on any atom is -0.398 e. The summed E-state index contributed by atoms with van der Waals surface area (Å²) < 4.78 is 7.69. The number of hydrogen-bond acceptors (Lipinski definition) is 4. The Balaban J connectivity index is 2.19. The number of rotatable bonds is 1. The standard InChI is InChI=1S/C11H14N4O/c1-11(5-2-6-16-11)10-14-13-9-4-3-8(12)7-15(9)10/h3-4,7H,2,5-6,12H2,1H3. The van der Waals surface area contributed by atoms with E-state index in [4.69, 9.17) is 10.5 Å². The maximum Gasteiger partial charge on any atom is 0.169 e. The average Bonchev–Trinajstić information content (AvgIpc) is 2.84. The first kappa shape index (κ1) is 9.59. The quantitative estimate of drug-likeness (QED) is 0.784. The Hall–Kier alpha value is -1.62. The largest absolute Gasteiger partial charge is 0.398 e. The molecule has 1 unspecified atom stereocenters. The topological polar surface area (TPSA) is 65.4 Å². The molecule has 0 amide bonds. The summed E-state index contributed by atoms with van der Waals surface area (Å²) >= 11 is 0. The molecule has 16 heavy (non-hydrogen) atoms. The van der Waals surface area contributed by atoms with Gasteiger partial charge >= 0.3 is 0 Å². The normalized spacial score (nSPS) is 25.3. The minimum absolute atomic E-state index is 0.326. The zero-order valence-corrected chi connectivity index (χ0v) is 9.18. The Morgan fingerprint density at radius 2 is 2.31 bits per heavy atom. The van der Waals surface area contributed by atoms with Crippen molar-refractivity contribution in [1.82, 2.24) is 14.6 Å². The summed E-state index contributed by atoms with van der Waals surface area (Å²) in [6.07, 6.45) is 3.88. The molecule has 0 bridgehead atoms. The number of ether oxygens (including phenoxy) is 1. The van der Waals surface area contributed by atoms with E-state index in [9.17, 15) is 0 Å². The highest BCUT2D eigenvalue weighted by molar-refractivity contribution is 5.47. The molecule has 1 aliphatic rings. The molecule has 1 fully saturated rings. The van der Waals surface area contributed by atoms with Crippen molar-refractivity contribution in [3.63, 3.8) is 0 Å². The van der Waals surface area contributed by atoms with Crippen molar-refractivity contribution < 1.29 is 4.74 Å². The van der Waals surface area contributed by atoms with Gasteiger partial charge in [0.15, 0.2) is 11.5 Å². The molecule has 2 aromatic rings. The van der Waals surface area contributed by atoms with Crippen LogP contribution in [0, 0.1) is 0 Å². The molecule has 1 atom stereocenters. The van der Waals surface area contributed by atoms with Crippen LogP contribution in [0.3, 0.4) is 0 Å². The second-order valence-electron chi connectivity index (χ2n) is 4.40. The van der Waals surface area contributed by atoms with E-state index < -0.39 is 0 Å². The first-order chi connectivity index (χ1) is 7.69. The summed E-state index contributed by atoms with van der Waals surface area (Å²) in [5.74, 6) is 0.840. The Morgan fingerprint density at radius 1 is 1.44 bits per heavy atom. The number of nitrogens with two attached hydrogens (primary N) is 1. The van der Waals surface area contributed by atoms with Gasteiger partial charge in [-0.2, -0.15) is 0 Å². The lowest BCUT2D eigenvalue weighted by molar-refractivity contribution is 0.00855. The van der Waals surface area contributed by atoms with E-state index in [2.05, 4.69) is 17.1 Å². The number of anilines is 1. The van der Waals surface area contributed by atoms with Crippen LogP contribution in [0.5, 0.6) is 0 Å². The van der Waals surface area contributed by atoms with Crippen molar-refractivity contribution in [2.24, 2.45) is 0 Å². The highest BCUT2D eigenvalue weighted by Gasteiger charge is 2.36. The van der Waals surface area contributed by atoms with E-state index in [1.165, 1.54) is 0 Å². The van der Waals surface area contributed by atoms with Gasteiger partial charge in [-0.25, -0.2) is 0 Å². The summed E-state index contributed by atoms with van der Waals surface area (Å²) in [5, 5.41) is 8.35. The molecule has 0 aromatic carbocycles. The minimum atomic E-state index is -0.326. The highest BCUT2D eigenvalue weighted by atomic mass is 16.5. The van der Waals surface area contributed by atoms with Crippen LogP contribution in [-0.4, -0.2) is 21.2 Å². The van der Waals surface area contributed by atoms with Gasteiger partial charge in [0.2, 0.25) is 0 Å². The molecule has 3 heterocycles. The summed E-state index contributed by atoms with van der Waals surface area (Å²) in [6, 6.07) is 3.69. The lowest BCUT2D eigenvalue weighted by Crippen LogP contribution is -2.23. The van der Waals surface area contributed by atoms with Crippen molar-refractivity contribution in [3.05, 3.63) is 24.2 Å². The number of fused-ring (bicyclic) bond motifs is 1. The summed E-state index contributed by atoms with van der Waals surface area (Å²) in [5.41, 5.74) is 6.96. The molecule has 0 radical (unpaired) electrons. The van der Waals surface area contributed by atoms with Gasteiger partial charge in [-0.15, -0.1) is 10.2 Å². The molecule has 0 spiro atoms. The fourth-order valence-corrected chi connectivity index (χ4v) is 2.22. The third kappa shape index (κ3) is 1.28. The molecule has 5 heteroatoms. The third-order valence-corrected chi connectivity index (χ3v) is 3.12. The Bertz CT molecular complexity index is 528. The SMILES string of the molecule is CC1(c2nnc3ccc(N)cn23)CCCO1. The van der Waals surface area contributed by atoms with Crippen LogP contribution in [0.2, 0.25) is 0 Å². The molecule has 1 aliphatic heterocycles. The molecule has 0 aliphatic carbocycles. The van der Waals surface area contributed by atoms with Crippen LogP contribution in [0.1, 0.15) is 25.6 Å². The molecule has 2 N–H and O–H groups in total. The number of aromatic nitrogens is 3. The van der Waals surface area contributed by atoms with E-state index >= 15 is 0 Å². The van der Waals surface area contributed by atoms with Gasteiger partial charge in [0.25, 0.3) is 0 Å². The Morgan fingerprint density at radius 3 is 3.06 bits per heavy atom. The van der Waals surface area contributed by atoms with Crippen LogP contribution < -0.4 is 5.73 Å². The molecule has 3 rings (SSSR count). The zero-order chi connectivity index (χ0) is 11.2. The molecular weight excluding hydrogens is 204 g/mol. The van der Waals surface area contributed by atoms with Gasteiger partial charge in [0.05, 0.1) is 0 Å². The molecule has 2 aromatic heterocycles. The average molecular weight is 218 g/mol. The second-order valence-corrected chi connectivity index (χ2v) is 4.40. The smallest absolute Gasteiger partial charge is 0.169 e. The van der Waals surface area contributed by atoms with Gasteiger partial charge in [-0.1, -0.05) is 0 Å². The third-order valence-electron chi connectivity index (χ3n) is 3.12. The van der Waals surface area contributed by atoms with Gasteiger partial charge in [0, 0.05) is 18.5 Å². The number of nitrogens with zero attached hydrogens (tertiary/aromatic N) is 3. The fraction of sp³-hybridized carbons (Fsp3) is 0.455. The predicted molar refractivity (Wildman–Crippen MR) is 59.9 cm³/mol. The van der Waals surface area contributed by atoms with E-state index in [0.717, 1.165) is 30.9 Å². The predicted octanol–water partition coefficient (Wildman–Crippen LogP) is 1.34. The van der Waals surface area contributed by atoms with Gasteiger partial charge in [-0.05, 0) is 31.9 Å². The van der Waals surface area contributed by atoms with Crippen molar-refractivity contribution >= 4 is 11.3 Å². The maximum atomic E-state index is 5.78. The fourth-order valence-electron chi connectivity index (χ4n) is 2.22. The lowest BCUT2D eigenvalue weighted by atomic mass is 10.0. The van der Waals surface area contributed by atoms with Crippen molar-refractivity contribution in [3.8, 4) is 0 Å². The summed E-state index contributed by atoms with van der Waals surface area (Å²) in [6.45, 7) is 2.84. The molecule has 84 valence electrons. The van der Waals surface area contributed by atoms with Crippen LogP contribution in [0.4, 0.5) is 5.69 Å². The molecule has 0 saturated carbocycles. The molecular formula is C11H14N4O. The van der Waals surface area contributed by atoms with Crippen LogP contribution in [0.25, 0.3) is 5.65 Å². The van der Waals surface area contributed by atoms with E-state index in [-0.39, 0.29) is 5.60 Å². The van der Waals surface area contributed by atoms with Crippen molar-refractivity contribution in [2.45, 2.75) is 25.4 Å². The van der Waals surface area contributed by atoms with Crippen molar-refractivity contribution in [2.75, 3.05) is 12.3 Å². The van der Waals surface area contributed by atoms with Gasteiger partial charge < -0.3 is 10.5 Å². The second kappa shape index (κ2) is 3.18. The number of hydrogen-bond donors (Lipinski definition) is 1. The van der Waals surface area contributed by atoms with E-state index in [0.29, 0.717) is 5.69 Å². The summed E-state index contributed by atoms with van der Waals surface area (Å²) in [4.78, 5) is 0.